The third-order valence-corrected chi connectivity index (χ3v) is 2.67. The molecule has 0 saturated heterocycles. The second kappa shape index (κ2) is 9.20. The monoisotopic (exact) mass is 290 g/mol. The van der Waals surface area contributed by atoms with Crippen LogP contribution in [0, 0.1) is 0 Å². The quantitative estimate of drug-likeness (QED) is 0.762. The number of unbranched alkanes of at least 4 members (excludes halogenated alkanes) is 2. The van der Waals surface area contributed by atoms with E-state index in [1.807, 2.05) is 0 Å². The summed E-state index contributed by atoms with van der Waals surface area (Å²) in [5, 5.41) is 3.44. The molecule has 0 bridgehead atoms. The summed E-state index contributed by atoms with van der Waals surface area (Å²) >= 11 is 3.47. The average molecular weight is 292 g/mol. The van der Waals surface area contributed by atoms with Crippen molar-refractivity contribution < 1.29 is 12.4 Å². The van der Waals surface area contributed by atoms with E-state index in [0.717, 1.165) is 17.6 Å². The fraction of sp³-hybridized carbons (Fsp3) is 0.500. The van der Waals surface area contributed by atoms with Gasteiger partial charge in [0.15, 0.2) is 0 Å². The summed E-state index contributed by atoms with van der Waals surface area (Å²) in [7, 11) is 0. The van der Waals surface area contributed by atoms with Crippen LogP contribution in [0.5, 0.6) is 0 Å². The molecule has 0 fully saturated rings. The van der Waals surface area contributed by atoms with Crippen LogP contribution in [-0.2, 0) is 6.54 Å². The second-order valence-electron chi connectivity index (χ2n) is 3.51. The largest absolute Gasteiger partial charge is 1.00 e. The minimum Gasteiger partial charge on any atom is -1.00 e. The van der Waals surface area contributed by atoms with Gasteiger partial charge in [-0.25, -0.2) is 0 Å². The Balaban J connectivity index is 0.00000196. The molecule has 1 N–H and O–H groups in total. The molecule has 15 heavy (non-hydrogen) atoms. The minimum absolute atomic E-state index is 0. The molecule has 0 atom stereocenters. The van der Waals surface area contributed by atoms with Gasteiger partial charge in [0, 0.05) is 11.0 Å². The second-order valence-corrected chi connectivity index (χ2v) is 4.43. The van der Waals surface area contributed by atoms with E-state index >= 15 is 0 Å². The fourth-order valence-corrected chi connectivity index (χ4v) is 1.83. The van der Waals surface area contributed by atoms with Gasteiger partial charge < -0.3 is 17.7 Å². The van der Waals surface area contributed by atoms with Crippen LogP contribution in [0.25, 0.3) is 0 Å². The first-order valence-electron chi connectivity index (χ1n) is 5.28. The van der Waals surface area contributed by atoms with Crippen molar-refractivity contribution in [1.29, 1.82) is 0 Å². The summed E-state index contributed by atoms with van der Waals surface area (Å²) in [6, 6.07) is 8.44. The summed E-state index contributed by atoms with van der Waals surface area (Å²) in [5.74, 6) is 0. The van der Waals surface area contributed by atoms with Gasteiger partial charge in [0.1, 0.15) is 0 Å². The molecule has 86 valence electrons. The van der Waals surface area contributed by atoms with Gasteiger partial charge in [-0.2, -0.15) is 0 Å². The molecule has 1 aromatic carbocycles. The Kier molecular flexibility index (Phi) is 9.17. The Morgan fingerprint density at radius 2 is 2.07 bits per heavy atom. The third kappa shape index (κ3) is 6.93. The molecule has 0 aromatic heterocycles. The van der Waals surface area contributed by atoms with Gasteiger partial charge in [-0.1, -0.05) is 47.8 Å². The van der Waals surface area contributed by atoms with Crippen LogP contribution >= 0.6 is 15.9 Å². The van der Waals surface area contributed by atoms with Crippen LogP contribution in [0.1, 0.15) is 31.7 Å². The number of rotatable bonds is 6. The summed E-state index contributed by atoms with van der Waals surface area (Å²) in [6.07, 6.45) is 3.90. The Hall–Kier alpha value is -0.0500. The zero-order valence-electron chi connectivity index (χ0n) is 9.10. The van der Waals surface area contributed by atoms with E-state index in [2.05, 4.69) is 52.4 Å². The summed E-state index contributed by atoms with van der Waals surface area (Å²) in [6.45, 7) is 4.33. The summed E-state index contributed by atoms with van der Waals surface area (Å²) in [5.41, 5.74) is 1.34. The SMILES string of the molecule is CCCCCNCc1cccc(Br)c1.[Cl-]. The molecule has 1 nitrogen and oxygen atoms in total. The molecule has 0 unspecified atom stereocenters. The van der Waals surface area contributed by atoms with Crippen LogP contribution in [0.4, 0.5) is 0 Å². The zero-order valence-corrected chi connectivity index (χ0v) is 11.4. The van der Waals surface area contributed by atoms with E-state index in [4.69, 9.17) is 0 Å². The van der Waals surface area contributed by atoms with Gasteiger partial charge in [-0.05, 0) is 30.7 Å². The molecular formula is C12H18BrClN-. The lowest BCUT2D eigenvalue weighted by Gasteiger charge is -2.04. The lowest BCUT2D eigenvalue weighted by atomic mass is 10.2. The summed E-state index contributed by atoms with van der Waals surface area (Å²) in [4.78, 5) is 0. The van der Waals surface area contributed by atoms with E-state index in [0.29, 0.717) is 0 Å². The Labute approximate surface area is 107 Å². The predicted molar refractivity (Wildman–Crippen MR) is 65.4 cm³/mol. The highest BCUT2D eigenvalue weighted by atomic mass is 79.9. The molecule has 0 aliphatic carbocycles. The third-order valence-electron chi connectivity index (χ3n) is 2.18. The van der Waals surface area contributed by atoms with Gasteiger partial charge >= 0.3 is 0 Å². The van der Waals surface area contributed by atoms with Crippen molar-refractivity contribution in [2.75, 3.05) is 6.54 Å². The van der Waals surface area contributed by atoms with Gasteiger partial charge in [0.25, 0.3) is 0 Å². The number of hydrogen-bond donors (Lipinski definition) is 1. The normalized spacial score (nSPS) is 9.73. The van der Waals surface area contributed by atoms with E-state index in [1.165, 1.54) is 24.8 Å². The summed E-state index contributed by atoms with van der Waals surface area (Å²) < 4.78 is 1.16. The molecule has 1 aromatic rings. The molecule has 0 amide bonds. The van der Waals surface area contributed by atoms with Crippen molar-refractivity contribution >= 4 is 15.9 Å². The molecule has 0 aliphatic rings. The van der Waals surface area contributed by atoms with Gasteiger partial charge in [0.05, 0.1) is 0 Å². The standard InChI is InChI=1S/C12H18BrN.ClH/c1-2-3-4-8-14-10-11-6-5-7-12(13)9-11;/h5-7,9,14H,2-4,8,10H2,1H3;1H/p-1. The van der Waals surface area contributed by atoms with Crippen LogP contribution in [0.3, 0.4) is 0 Å². The highest BCUT2D eigenvalue weighted by molar-refractivity contribution is 9.10. The maximum Gasteiger partial charge on any atom is 0.0205 e. The first kappa shape index (κ1) is 14.9. The minimum atomic E-state index is 0. The van der Waals surface area contributed by atoms with Crippen molar-refractivity contribution in [3.63, 3.8) is 0 Å². The Morgan fingerprint density at radius 1 is 1.27 bits per heavy atom. The first-order chi connectivity index (χ1) is 6.83. The highest BCUT2D eigenvalue weighted by Crippen LogP contribution is 2.11. The number of hydrogen-bond acceptors (Lipinski definition) is 1. The lowest BCUT2D eigenvalue weighted by molar-refractivity contribution is -0.00000289. The van der Waals surface area contributed by atoms with Crippen LogP contribution in [0.15, 0.2) is 28.7 Å². The number of benzene rings is 1. The molecule has 0 aliphatic heterocycles. The van der Waals surface area contributed by atoms with Crippen molar-refractivity contribution in [3.05, 3.63) is 34.3 Å². The highest BCUT2D eigenvalue weighted by Gasteiger charge is 1.93. The van der Waals surface area contributed by atoms with Crippen molar-refractivity contribution in [3.8, 4) is 0 Å². The van der Waals surface area contributed by atoms with E-state index in [-0.39, 0.29) is 12.4 Å². The zero-order chi connectivity index (χ0) is 10.2. The molecule has 3 heteroatoms. The van der Waals surface area contributed by atoms with E-state index in [9.17, 15) is 0 Å². The lowest BCUT2D eigenvalue weighted by Crippen LogP contribution is -3.00. The maximum absolute atomic E-state index is 3.47. The smallest absolute Gasteiger partial charge is 0.0205 e. The van der Waals surface area contributed by atoms with Crippen molar-refractivity contribution in [1.82, 2.24) is 5.32 Å². The van der Waals surface area contributed by atoms with Gasteiger partial charge in [0.2, 0.25) is 0 Å². The maximum atomic E-state index is 3.47. The number of halogens is 2. The molecular weight excluding hydrogens is 273 g/mol. The van der Waals surface area contributed by atoms with Gasteiger partial charge in [-0.3, -0.25) is 0 Å². The molecule has 0 heterocycles. The topological polar surface area (TPSA) is 12.0 Å². The fourth-order valence-electron chi connectivity index (χ4n) is 1.38. The predicted octanol–water partition coefficient (Wildman–Crippen LogP) is 0.733. The van der Waals surface area contributed by atoms with Crippen LogP contribution < -0.4 is 17.7 Å². The van der Waals surface area contributed by atoms with Crippen molar-refractivity contribution in [2.24, 2.45) is 0 Å². The molecule has 0 spiro atoms. The molecule has 0 saturated carbocycles. The van der Waals surface area contributed by atoms with Crippen LogP contribution in [-0.4, -0.2) is 6.54 Å². The number of nitrogens with one attached hydrogen (secondary N) is 1. The first-order valence-corrected chi connectivity index (χ1v) is 6.07. The Bertz CT molecular complexity index is 266. The Morgan fingerprint density at radius 3 is 2.73 bits per heavy atom. The van der Waals surface area contributed by atoms with E-state index < -0.39 is 0 Å². The van der Waals surface area contributed by atoms with Gasteiger partial charge in [-0.15, -0.1) is 0 Å². The molecule has 1 rings (SSSR count). The average Bonchev–Trinajstić information content (AvgIpc) is 2.18. The van der Waals surface area contributed by atoms with Crippen molar-refractivity contribution in [2.45, 2.75) is 32.7 Å². The molecule has 0 radical (unpaired) electrons. The van der Waals surface area contributed by atoms with Crippen LogP contribution in [0.2, 0.25) is 0 Å². The van der Waals surface area contributed by atoms with E-state index in [1.54, 1.807) is 0 Å².